The second-order valence-electron chi connectivity index (χ2n) is 4.09. The summed E-state index contributed by atoms with van der Waals surface area (Å²) in [7, 11) is 0. The average Bonchev–Trinajstić information content (AvgIpc) is 2.49. The minimum absolute atomic E-state index is 0.165. The van der Waals surface area contributed by atoms with E-state index in [0.717, 1.165) is 5.52 Å². The molecule has 0 unspecified atom stereocenters. The predicted octanol–water partition coefficient (Wildman–Crippen LogP) is 3.50. The average molecular weight is 285 g/mol. The number of hydrogen-bond donors (Lipinski definition) is 0. The molecule has 0 bridgehead atoms. The molecule has 3 rings (SSSR count). The number of hydrogen-bond acceptors (Lipinski definition) is 4. The van der Waals surface area contributed by atoms with E-state index >= 15 is 0 Å². The number of esters is 1. The molecule has 0 atom stereocenters. The third-order valence-corrected chi connectivity index (χ3v) is 2.93. The minimum Gasteiger partial charge on any atom is -0.422 e. The SMILES string of the molecule is O=C(Oc1ccc(Cl)cc1)c1cnc2ccccc2n1. The first-order valence-electron chi connectivity index (χ1n) is 5.92. The number of ether oxygens (including phenoxy) is 1. The molecule has 0 radical (unpaired) electrons. The van der Waals surface area contributed by atoms with Crippen LogP contribution in [0.25, 0.3) is 11.0 Å². The van der Waals surface area contributed by atoms with E-state index in [4.69, 9.17) is 16.3 Å². The van der Waals surface area contributed by atoms with Crippen LogP contribution in [0, 0.1) is 0 Å². The molecule has 0 aliphatic heterocycles. The van der Waals surface area contributed by atoms with Gasteiger partial charge in [0.1, 0.15) is 5.75 Å². The first-order valence-corrected chi connectivity index (χ1v) is 6.30. The molecule has 98 valence electrons. The maximum atomic E-state index is 12.0. The van der Waals surface area contributed by atoms with E-state index in [1.807, 2.05) is 18.2 Å². The Morgan fingerprint density at radius 1 is 1.00 bits per heavy atom. The van der Waals surface area contributed by atoms with Gasteiger partial charge in [-0.05, 0) is 36.4 Å². The van der Waals surface area contributed by atoms with Crippen molar-refractivity contribution in [1.29, 1.82) is 0 Å². The highest BCUT2D eigenvalue weighted by molar-refractivity contribution is 6.30. The lowest BCUT2D eigenvalue weighted by molar-refractivity contribution is 0.0728. The van der Waals surface area contributed by atoms with Crippen molar-refractivity contribution in [3.63, 3.8) is 0 Å². The number of aromatic nitrogens is 2. The molecule has 1 aromatic heterocycles. The van der Waals surface area contributed by atoms with Crippen LogP contribution in [-0.4, -0.2) is 15.9 Å². The van der Waals surface area contributed by atoms with Gasteiger partial charge in [0.05, 0.1) is 17.2 Å². The van der Waals surface area contributed by atoms with Gasteiger partial charge in [0.25, 0.3) is 0 Å². The first kappa shape index (κ1) is 12.6. The second kappa shape index (κ2) is 5.27. The van der Waals surface area contributed by atoms with Crippen LogP contribution in [0.2, 0.25) is 5.02 Å². The van der Waals surface area contributed by atoms with Crippen LogP contribution in [0.3, 0.4) is 0 Å². The van der Waals surface area contributed by atoms with E-state index in [2.05, 4.69) is 9.97 Å². The van der Waals surface area contributed by atoms with Gasteiger partial charge < -0.3 is 4.74 Å². The van der Waals surface area contributed by atoms with E-state index in [1.54, 1.807) is 30.3 Å². The van der Waals surface area contributed by atoms with Gasteiger partial charge in [-0.2, -0.15) is 0 Å². The van der Waals surface area contributed by atoms with Crippen LogP contribution in [0.1, 0.15) is 10.5 Å². The van der Waals surface area contributed by atoms with Crippen molar-refractivity contribution in [3.05, 3.63) is 65.4 Å². The largest absolute Gasteiger partial charge is 0.422 e. The zero-order chi connectivity index (χ0) is 13.9. The molecule has 5 heteroatoms. The number of fused-ring (bicyclic) bond motifs is 1. The molecule has 20 heavy (non-hydrogen) atoms. The highest BCUT2D eigenvalue weighted by Crippen LogP contribution is 2.17. The summed E-state index contributed by atoms with van der Waals surface area (Å²) < 4.78 is 5.20. The molecule has 0 fully saturated rings. The fourth-order valence-electron chi connectivity index (χ4n) is 1.72. The Balaban J connectivity index is 1.86. The van der Waals surface area contributed by atoms with E-state index in [-0.39, 0.29) is 5.69 Å². The summed E-state index contributed by atoms with van der Waals surface area (Å²) in [5, 5.41) is 0.579. The molecule has 3 aromatic rings. The molecule has 0 saturated heterocycles. The van der Waals surface area contributed by atoms with E-state index in [0.29, 0.717) is 16.3 Å². The summed E-state index contributed by atoms with van der Waals surface area (Å²) in [6, 6.07) is 13.9. The fraction of sp³-hybridized carbons (Fsp3) is 0. The molecule has 0 aliphatic carbocycles. The van der Waals surface area contributed by atoms with Crippen molar-refractivity contribution in [2.75, 3.05) is 0 Å². The molecular weight excluding hydrogens is 276 g/mol. The lowest BCUT2D eigenvalue weighted by atomic mass is 10.3. The van der Waals surface area contributed by atoms with Gasteiger partial charge in [-0.3, -0.25) is 4.98 Å². The van der Waals surface area contributed by atoms with Crippen LogP contribution < -0.4 is 4.74 Å². The fourth-order valence-corrected chi connectivity index (χ4v) is 1.84. The van der Waals surface area contributed by atoms with Crippen LogP contribution in [0.5, 0.6) is 5.75 Å². The Hall–Kier alpha value is -2.46. The Morgan fingerprint density at radius 3 is 2.45 bits per heavy atom. The number of carbonyl (C=O) groups is 1. The van der Waals surface area contributed by atoms with E-state index in [9.17, 15) is 4.79 Å². The van der Waals surface area contributed by atoms with Gasteiger partial charge in [-0.25, -0.2) is 9.78 Å². The van der Waals surface area contributed by atoms with Crippen LogP contribution >= 0.6 is 11.6 Å². The van der Waals surface area contributed by atoms with Gasteiger partial charge in [-0.15, -0.1) is 0 Å². The third kappa shape index (κ3) is 2.60. The van der Waals surface area contributed by atoms with Crippen molar-refractivity contribution in [2.45, 2.75) is 0 Å². The van der Waals surface area contributed by atoms with Crippen LogP contribution in [0.4, 0.5) is 0 Å². The minimum atomic E-state index is -0.550. The topological polar surface area (TPSA) is 52.1 Å². The van der Waals surface area contributed by atoms with Crippen LogP contribution in [-0.2, 0) is 0 Å². The summed E-state index contributed by atoms with van der Waals surface area (Å²) in [5.74, 6) is -0.139. The van der Waals surface area contributed by atoms with E-state index in [1.165, 1.54) is 6.20 Å². The monoisotopic (exact) mass is 284 g/mol. The molecule has 1 heterocycles. The lowest BCUT2D eigenvalue weighted by Gasteiger charge is -2.04. The van der Waals surface area contributed by atoms with Crippen molar-refractivity contribution in [2.24, 2.45) is 0 Å². The highest BCUT2D eigenvalue weighted by Gasteiger charge is 2.11. The normalized spacial score (nSPS) is 10.4. The summed E-state index contributed by atoms with van der Waals surface area (Å²) >= 11 is 5.77. The molecule has 2 aromatic carbocycles. The Labute approximate surface area is 120 Å². The summed E-state index contributed by atoms with van der Waals surface area (Å²) in [4.78, 5) is 20.4. The quantitative estimate of drug-likeness (QED) is 0.534. The number of benzene rings is 2. The number of rotatable bonds is 2. The van der Waals surface area contributed by atoms with Crippen molar-refractivity contribution >= 4 is 28.6 Å². The predicted molar refractivity (Wildman–Crippen MR) is 75.9 cm³/mol. The molecule has 0 aliphatic rings. The zero-order valence-electron chi connectivity index (χ0n) is 10.3. The van der Waals surface area contributed by atoms with Crippen molar-refractivity contribution in [3.8, 4) is 5.75 Å². The molecule has 0 spiro atoms. The zero-order valence-corrected chi connectivity index (χ0v) is 11.0. The van der Waals surface area contributed by atoms with Crippen molar-refractivity contribution < 1.29 is 9.53 Å². The smallest absolute Gasteiger partial charge is 0.363 e. The van der Waals surface area contributed by atoms with Gasteiger partial charge in [-0.1, -0.05) is 23.7 Å². The molecule has 0 amide bonds. The van der Waals surface area contributed by atoms with Gasteiger partial charge in [0, 0.05) is 5.02 Å². The number of halogens is 1. The maximum absolute atomic E-state index is 12.0. The van der Waals surface area contributed by atoms with Gasteiger partial charge in [0.2, 0.25) is 0 Å². The van der Waals surface area contributed by atoms with Gasteiger partial charge in [0.15, 0.2) is 5.69 Å². The lowest BCUT2D eigenvalue weighted by Crippen LogP contribution is -2.11. The number of carbonyl (C=O) groups excluding carboxylic acids is 1. The summed E-state index contributed by atoms with van der Waals surface area (Å²) in [5.41, 5.74) is 1.55. The Kier molecular flexibility index (Phi) is 3.31. The second-order valence-corrected chi connectivity index (χ2v) is 4.52. The molecule has 0 saturated carbocycles. The summed E-state index contributed by atoms with van der Waals surface area (Å²) in [6.07, 6.45) is 1.40. The highest BCUT2D eigenvalue weighted by atomic mass is 35.5. The van der Waals surface area contributed by atoms with Gasteiger partial charge >= 0.3 is 5.97 Å². The molecular formula is C15H9ClN2O2. The third-order valence-electron chi connectivity index (χ3n) is 2.68. The summed E-state index contributed by atoms with van der Waals surface area (Å²) in [6.45, 7) is 0. The molecule has 4 nitrogen and oxygen atoms in total. The number of nitrogens with zero attached hydrogens (tertiary/aromatic N) is 2. The first-order chi connectivity index (χ1) is 9.72. The number of para-hydroxylation sites is 2. The van der Waals surface area contributed by atoms with Crippen LogP contribution in [0.15, 0.2) is 54.7 Å². The maximum Gasteiger partial charge on any atom is 0.363 e. The van der Waals surface area contributed by atoms with Crippen molar-refractivity contribution in [1.82, 2.24) is 9.97 Å². The standard InChI is InChI=1S/C15H9ClN2O2/c16-10-5-7-11(8-6-10)20-15(19)14-9-17-12-3-1-2-4-13(12)18-14/h1-9H. The molecule has 0 N–H and O–H groups in total. The Bertz CT molecular complexity index is 772. The Morgan fingerprint density at radius 2 is 1.70 bits per heavy atom. The van der Waals surface area contributed by atoms with E-state index < -0.39 is 5.97 Å².